The van der Waals surface area contributed by atoms with Gasteiger partial charge in [0.15, 0.2) is 0 Å². The molecule has 126 valence electrons. The zero-order valence-electron chi connectivity index (χ0n) is 14.0. The van der Waals surface area contributed by atoms with Crippen molar-refractivity contribution >= 4 is 11.6 Å². The van der Waals surface area contributed by atoms with Gasteiger partial charge < -0.3 is 10.4 Å². The highest BCUT2D eigenvalue weighted by Crippen LogP contribution is 2.29. The molecule has 2 aromatic rings. The van der Waals surface area contributed by atoms with Gasteiger partial charge in [0.2, 0.25) is 5.91 Å². The molecule has 0 saturated carbocycles. The highest BCUT2D eigenvalue weighted by atomic mass is 16.3. The summed E-state index contributed by atoms with van der Waals surface area (Å²) in [7, 11) is 0. The maximum absolute atomic E-state index is 12.5. The van der Waals surface area contributed by atoms with Crippen molar-refractivity contribution in [2.75, 3.05) is 25.0 Å². The van der Waals surface area contributed by atoms with Crippen LogP contribution in [0.15, 0.2) is 48.5 Å². The Balaban J connectivity index is 1.70. The summed E-state index contributed by atoms with van der Waals surface area (Å²) >= 11 is 0. The largest absolute Gasteiger partial charge is 0.394 e. The first-order valence-corrected chi connectivity index (χ1v) is 8.53. The minimum absolute atomic E-state index is 0.0237. The minimum Gasteiger partial charge on any atom is -0.394 e. The number of aliphatic hydroxyl groups is 1. The standard InChI is InChI=1S/C20H24N2O2/c1-2-15-7-4-6-10-18(15)21-20(24)13-22-12-11-16-8-3-5-9-17(16)19(22)14-23/h3-10,19,23H,2,11-14H2,1H3,(H,21,24). The van der Waals surface area contributed by atoms with Gasteiger partial charge in [0.1, 0.15) is 0 Å². The Morgan fingerprint density at radius 2 is 1.96 bits per heavy atom. The van der Waals surface area contributed by atoms with E-state index in [0.717, 1.165) is 36.2 Å². The number of rotatable bonds is 5. The average molecular weight is 324 g/mol. The molecule has 1 aliphatic heterocycles. The van der Waals surface area contributed by atoms with E-state index in [1.54, 1.807) is 0 Å². The summed E-state index contributed by atoms with van der Waals surface area (Å²) in [5.74, 6) is -0.0336. The Morgan fingerprint density at radius 1 is 1.21 bits per heavy atom. The Hall–Kier alpha value is -2.17. The molecule has 2 aromatic carbocycles. The first kappa shape index (κ1) is 16.7. The van der Waals surface area contributed by atoms with Gasteiger partial charge >= 0.3 is 0 Å². The van der Waals surface area contributed by atoms with Crippen molar-refractivity contribution in [2.45, 2.75) is 25.8 Å². The second-order valence-electron chi connectivity index (χ2n) is 6.18. The molecule has 24 heavy (non-hydrogen) atoms. The Bertz CT molecular complexity index is 714. The van der Waals surface area contributed by atoms with Crippen molar-refractivity contribution in [1.82, 2.24) is 4.90 Å². The van der Waals surface area contributed by atoms with Crippen LogP contribution in [0, 0.1) is 0 Å². The number of carbonyl (C=O) groups excluding carboxylic acids is 1. The van der Waals surface area contributed by atoms with E-state index in [2.05, 4.69) is 23.2 Å². The molecule has 1 aliphatic rings. The van der Waals surface area contributed by atoms with Gasteiger partial charge in [-0.3, -0.25) is 9.69 Å². The molecule has 0 bridgehead atoms. The summed E-state index contributed by atoms with van der Waals surface area (Å²) < 4.78 is 0. The number of para-hydroxylation sites is 1. The normalized spacial score (nSPS) is 17.3. The lowest BCUT2D eigenvalue weighted by molar-refractivity contribution is -0.118. The van der Waals surface area contributed by atoms with E-state index in [1.807, 2.05) is 42.5 Å². The molecule has 1 heterocycles. The number of benzene rings is 2. The maximum Gasteiger partial charge on any atom is 0.238 e. The van der Waals surface area contributed by atoms with Gasteiger partial charge in [0.05, 0.1) is 19.2 Å². The molecule has 0 aliphatic carbocycles. The van der Waals surface area contributed by atoms with Crippen LogP contribution in [0.2, 0.25) is 0 Å². The summed E-state index contributed by atoms with van der Waals surface area (Å²) in [5.41, 5.74) is 4.41. The third-order valence-electron chi connectivity index (χ3n) is 4.72. The smallest absolute Gasteiger partial charge is 0.238 e. The molecule has 0 radical (unpaired) electrons. The number of anilines is 1. The van der Waals surface area contributed by atoms with Crippen molar-refractivity contribution < 1.29 is 9.90 Å². The van der Waals surface area contributed by atoms with Crippen LogP contribution in [0.4, 0.5) is 5.69 Å². The number of aryl methyl sites for hydroxylation is 1. The van der Waals surface area contributed by atoms with Gasteiger partial charge in [-0.25, -0.2) is 0 Å². The van der Waals surface area contributed by atoms with Crippen LogP contribution in [-0.4, -0.2) is 35.6 Å². The number of nitrogens with zero attached hydrogens (tertiary/aromatic N) is 1. The van der Waals surface area contributed by atoms with Gasteiger partial charge in [-0.2, -0.15) is 0 Å². The Morgan fingerprint density at radius 3 is 2.75 bits per heavy atom. The molecular weight excluding hydrogens is 300 g/mol. The molecule has 0 spiro atoms. The summed E-state index contributed by atoms with van der Waals surface area (Å²) in [6, 6.07) is 15.9. The van der Waals surface area contributed by atoms with Crippen molar-refractivity contribution in [3.63, 3.8) is 0 Å². The number of amides is 1. The second-order valence-corrected chi connectivity index (χ2v) is 6.18. The van der Waals surface area contributed by atoms with Gasteiger partial charge in [-0.05, 0) is 35.6 Å². The number of fused-ring (bicyclic) bond motifs is 1. The summed E-state index contributed by atoms with van der Waals surface area (Å²) in [6.07, 6.45) is 1.79. The van der Waals surface area contributed by atoms with E-state index in [9.17, 15) is 9.90 Å². The Labute approximate surface area is 143 Å². The number of aliphatic hydroxyl groups excluding tert-OH is 1. The van der Waals surface area contributed by atoms with Crippen LogP contribution in [0.3, 0.4) is 0 Å². The van der Waals surface area contributed by atoms with E-state index in [-0.39, 0.29) is 25.1 Å². The van der Waals surface area contributed by atoms with Crippen LogP contribution in [0.5, 0.6) is 0 Å². The van der Waals surface area contributed by atoms with E-state index in [0.29, 0.717) is 0 Å². The number of hydrogen-bond acceptors (Lipinski definition) is 3. The van der Waals surface area contributed by atoms with Gasteiger partial charge in [-0.1, -0.05) is 49.4 Å². The third-order valence-corrected chi connectivity index (χ3v) is 4.72. The second kappa shape index (κ2) is 7.60. The minimum atomic E-state index is -0.109. The molecule has 0 saturated heterocycles. The molecular formula is C20H24N2O2. The van der Waals surface area contributed by atoms with Gasteiger partial charge in [0.25, 0.3) is 0 Å². The first-order chi connectivity index (χ1) is 11.7. The monoisotopic (exact) mass is 324 g/mol. The Kier molecular flexibility index (Phi) is 5.28. The number of nitrogens with one attached hydrogen (secondary N) is 1. The molecule has 1 atom stereocenters. The predicted octanol–water partition coefficient (Wildman–Crippen LogP) is 2.78. The fourth-order valence-electron chi connectivity index (χ4n) is 3.43. The van der Waals surface area contributed by atoms with Crippen molar-refractivity contribution in [3.8, 4) is 0 Å². The third kappa shape index (κ3) is 3.50. The van der Waals surface area contributed by atoms with Crippen molar-refractivity contribution in [1.29, 1.82) is 0 Å². The topological polar surface area (TPSA) is 52.6 Å². The fourth-order valence-corrected chi connectivity index (χ4v) is 3.43. The van der Waals surface area contributed by atoms with E-state index >= 15 is 0 Å². The van der Waals surface area contributed by atoms with Gasteiger partial charge in [-0.15, -0.1) is 0 Å². The van der Waals surface area contributed by atoms with Crippen molar-refractivity contribution in [2.24, 2.45) is 0 Å². The number of carbonyl (C=O) groups is 1. The van der Waals surface area contributed by atoms with E-state index in [4.69, 9.17) is 0 Å². The van der Waals surface area contributed by atoms with Gasteiger partial charge in [0, 0.05) is 12.2 Å². The molecule has 3 rings (SSSR count). The fraction of sp³-hybridized carbons (Fsp3) is 0.350. The number of hydrogen-bond donors (Lipinski definition) is 2. The van der Waals surface area contributed by atoms with Crippen LogP contribution in [0.1, 0.15) is 29.7 Å². The lowest BCUT2D eigenvalue weighted by atomic mass is 9.93. The summed E-state index contributed by atoms with van der Waals surface area (Å²) in [4.78, 5) is 14.5. The highest BCUT2D eigenvalue weighted by molar-refractivity contribution is 5.93. The zero-order valence-corrected chi connectivity index (χ0v) is 14.0. The lowest BCUT2D eigenvalue weighted by Gasteiger charge is -2.35. The summed E-state index contributed by atoms with van der Waals surface area (Å²) in [5, 5.41) is 12.8. The predicted molar refractivity (Wildman–Crippen MR) is 96.0 cm³/mol. The van der Waals surface area contributed by atoms with Crippen molar-refractivity contribution in [3.05, 3.63) is 65.2 Å². The molecule has 1 unspecified atom stereocenters. The summed E-state index contributed by atoms with van der Waals surface area (Å²) in [6.45, 7) is 3.17. The molecule has 0 fully saturated rings. The molecule has 1 amide bonds. The quantitative estimate of drug-likeness (QED) is 0.889. The highest BCUT2D eigenvalue weighted by Gasteiger charge is 2.27. The zero-order chi connectivity index (χ0) is 16.9. The first-order valence-electron chi connectivity index (χ1n) is 8.53. The van der Waals surface area contributed by atoms with E-state index < -0.39 is 0 Å². The molecule has 2 N–H and O–H groups in total. The molecule has 0 aromatic heterocycles. The maximum atomic E-state index is 12.5. The van der Waals surface area contributed by atoms with Crippen LogP contribution >= 0.6 is 0 Å². The average Bonchev–Trinajstić information content (AvgIpc) is 2.62. The lowest BCUT2D eigenvalue weighted by Crippen LogP contribution is -2.42. The molecule has 4 heteroatoms. The van der Waals surface area contributed by atoms with Crippen LogP contribution < -0.4 is 5.32 Å². The SMILES string of the molecule is CCc1ccccc1NC(=O)CN1CCc2ccccc2C1CO. The molecule has 4 nitrogen and oxygen atoms in total. The van der Waals surface area contributed by atoms with Crippen LogP contribution in [0.25, 0.3) is 0 Å². The van der Waals surface area contributed by atoms with E-state index in [1.165, 1.54) is 5.56 Å². The van der Waals surface area contributed by atoms with Crippen LogP contribution in [-0.2, 0) is 17.6 Å².